The van der Waals surface area contributed by atoms with Crippen LogP contribution in [0.15, 0.2) is 60.7 Å². The van der Waals surface area contributed by atoms with Crippen molar-refractivity contribution in [2.24, 2.45) is 0 Å². The number of esters is 4. The zero-order valence-electron chi connectivity index (χ0n) is 32.6. The fourth-order valence-electron chi connectivity index (χ4n) is 6.56. The molecule has 1 saturated heterocycles. The van der Waals surface area contributed by atoms with Crippen molar-refractivity contribution in [3.8, 4) is 11.1 Å². The molecule has 0 saturated carbocycles. The number of nitrogens with zero attached hydrogens (tertiary/aromatic N) is 1. The summed E-state index contributed by atoms with van der Waals surface area (Å²) in [5, 5.41) is 5.08. The summed E-state index contributed by atoms with van der Waals surface area (Å²) in [6.07, 6.45) is -1.29. The smallest absolute Gasteiger partial charge is 0.410 e. The molecule has 1 aliphatic heterocycles. The van der Waals surface area contributed by atoms with Crippen LogP contribution in [0.3, 0.4) is 0 Å². The number of nitrogens with one attached hydrogen (secondary N) is 2. The normalized spacial score (nSPS) is 19.7. The topological polar surface area (TPSA) is 211 Å². The monoisotopic (exact) mass is 795 g/mol. The van der Waals surface area contributed by atoms with E-state index in [1.54, 1.807) is 12.2 Å². The van der Waals surface area contributed by atoms with E-state index in [1.165, 1.54) is 25.9 Å². The molecule has 2 N–H and O–H groups in total. The first-order valence-corrected chi connectivity index (χ1v) is 18.4. The Morgan fingerprint density at radius 3 is 2.02 bits per heavy atom. The van der Waals surface area contributed by atoms with Crippen LogP contribution in [-0.4, -0.2) is 124 Å². The highest BCUT2D eigenvalue weighted by atomic mass is 16.7. The molecular formula is C40H49N3O14. The first-order valence-electron chi connectivity index (χ1n) is 18.4. The highest BCUT2D eigenvalue weighted by Gasteiger charge is 2.51. The maximum Gasteiger partial charge on any atom is 0.410 e. The molecule has 2 aliphatic rings. The molecule has 0 spiro atoms. The molecule has 17 heteroatoms. The van der Waals surface area contributed by atoms with Crippen molar-refractivity contribution >= 4 is 41.8 Å². The van der Waals surface area contributed by atoms with Crippen molar-refractivity contribution in [2.75, 3.05) is 46.6 Å². The summed E-state index contributed by atoms with van der Waals surface area (Å²) in [7, 11) is 1.20. The fraction of sp³-hybridized carbons (Fsp3) is 0.475. The van der Waals surface area contributed by atoms with E-state index in [9.17, 15) is 33.6 Å². The Morgan fingerprint density at radius 2 is 1.42 bits per heavy atom. The van der Waals surface area contributed by atoms with Gasteiger partial charge in [-0.3, -0.25) is 33.7 Å². The Hall–Kier alpha value is -5.81. The number of rotatable bonds is 18. The van der Waals surface area contributed by atoms with Crippen molar-refractivity contribution in [3.63, 3.8) is 0 Å². The first-order chi connectivity index (χ1) is 27.3. The number of ether oxygens (including phenoxy) is 7. The first kappa shape index (κ1) is 43.9. The fourth-order valence-corrected chi connectivity index (χ4v) is 6.56. The molecule has 5 atom stereocenters. The number of carbonyl (C=O) groups is 7. The number of hydrogen-bond donors (Lipinski definition) is 2. The zero-order chi connectivity index (χ0) is 41.5. The van der Waals surface area contributed by atoms with E-state index in [1.807, 2.05) is 48.5 Å². The molecule has 0 bridgehead atoms. The highest BCUT2D eigenvalue weighted by Crippen LogP contribution is 2.44. The van der Waals surface area contributed by atoms with Gasteiger partial charge in [-0.15, -0.1) is 0 Å². The number of amides is 3. The van der Waals surface area contributed by atoms with E-state index in [-0.39, 0.29) is 45.4 Å². The van der Waals surface area contributed by atoms with E-state index in [4.69, 9.17) is 28.4 Å². The van der Waals surface area contributed by atoms with Crippen LogP contribution < -0.4 is 10.6 Å². The number of unbranched alkanes of at least 4 members (excludes halogenated alkanes) is 1. The predicted octanol–water partition coefficient (Wildman–Crippen LogP) is 2.54. The van der Waals surface area contributed by atoms with Gasteiger partial charge in [0.25, 0.3) is 0 Å². The number of hydrogen-bond acceptors (Lipinski definition) is 14. The Labute approximate surface area is 330 Å². The quantitative estimate of drug-likeness (QED) is 0.0962. The van der Waals surface area contributed by atoms with Gasteiger partial charge < -0.3 is 43.8 Å². The zero-order valence-corrected chi connectivity index (χ0v) is 32.6. The Morgan fingerprint density at radius 1 is 0.789 bits per heavy atom. The summed E-state index contributed by atoms with van der Waals surface area (Å²) in [6.45, 7) is 3.74. The third-order valence-corrected chi connectivity index (χ3v) is 8.98. The third kappa shape index (κ3) is 12.9. The molecule has 17 nitrogen and oxygen atoms in total. The van der Waals surface area contributed by atoms with Crippen LogP contribution in [0.4, 0.5) is 4.79 Å². The minimum atomic E-state index is -1.26. The summed E-state index contributed by atoms with van der Waals surface area (Å²) in [5.41, 5.74) is 4.22. The van der Waals surface area contributed by atoms with Gasteiger partial charge in [0.15, 0.2) is 18.5 Å². The van der Waals surface area contributed by atoms with Crippen LogP contribution >= 0.6 is 0 Å². The van der Waals surface area contributed by atoms with E-state index in [0.29, 0.717) is 12.8 Å². The average Bonchev–Trinajstić information content (AvgIpc) is 3.49. The van der Waals surface area contributed by atoms with Crippen LogP contribution in [0.2, 0.25) is 0 Å². The SMILES string of the molecule is COC(=O)CNC(=O)CN(CCC/C=C/CO[C@@H]1O[C@H](COC(C)=O)[C@@H](OC(C)=O)[C@H](OC(C)=O)[C@H]1NC(C)=O)C(=O)OCC1c2ccccc2-c2ccccc21. The van der Waals surface area contributed by atoms with Crippen molar-refractivity contribution < 1.29 is 66.7 Å². The molecule has 4 rings (SSSR count). The van der Waals surface area contributed by atoms with Gasteiger partial charge in [-0.05, 0) is 35.1 Å². The molecule has 3 amide bonds. The van der Waals surface area contributed by atoms with Gasteiger partial charge in [-0.25, -0.2) is 4.79 Å². The van der Waals surface area contributed by atoms with Crippen molar-refractivity contribution in [1.29, 1.82) is 0 Å². The van der Waals surface area contributed by atoms with E-state index >= 15 is 0 Å². The minimum Gasteiger partial charge on any atom is -0.468 e. The van der Waals surface area contributed by atoms with Gasteiger partial charge in [0.05, 0.1) is 13.7 Å². The molecule has 0 radical (unpaired) electrons. The molecule has 57 heavy (non-hydrogen) atoms. The van der Waals surface area contributed by atoms with Crippen molar-refractivity contribution in [2.45, 2.75) is 77.1 Å². The molecule has 1 heterocycles. The van der Waals surface area contributed by atoms with Gasteiger partial charge in [-0.2, -0.15) is 0 Å². The van der Waals surface area contributed by atoms with Crippen LogP contribution in [0.5, 0.6) is 0 Å². The maximum atomic E-state index is 13.5. The lowest BCUT2D eigenvalue weighted by Gasteiger charge is -2.44. The molecule has 308 valence electrons. The number of fused-ring (bicyclic) bond motifs is 3. The number of methoxy groups -OCH3 is 1. The third-order valence-electron chi connectivity index (χ3n) is 8.98. The van der Waals surface area contributed by atoms with E-state index in [2.05, 4.69) is 15.4 Å². The largest absolute Gasteiger partial charge is 0.468 e. The molecular weight excluding hydrogens is 746 g/mol. The second kappa shape index (κ2) is 21.5. The van der Waals surface area contributed by atoms with Crippen LogP contribution in [-0.2, 0) is 61.9 Å². The summed E-state index contributed by atoms with van der Waals surface area (Å²) in [4.78, 5) is 86.9. The number of allylic oxidation sites excluding steroid dienone is 1. The lowest BCUT2D eigenvalue weighted by Crippen LogP contribution is -2.66. The van der Waals surface area contributed by atoms with Gasteiger partial charge in [-0.1, -0.05) is 60.7 Å². The molecule has 2 aromatic rings. The van der Waals surface area contributed by atoms with Crippen molar-refractivity contribution in [3.05, 3.63) is 71.8 Å². The van der Waals surface area contributed by atoms with Crippen LogP contribution in [0.25, 0.3) is 11.1 Å². The molecule has 2 aromatic carbocycles. The Bertz CT molecular complexity index is 1750. The molecule has 1 fully saturated rings. The predicted molar refractivity (Wildman–Crippen MR) is 200 cm³/mol. The lowest BCUT2D eigenvalue weighted by atomic mass is 9.96. The summed E-state index contributed by atoms with van der Waals surface area (Å²) in [6, 6.07) is 14.7. The van der Waals surface area contributed by atoms with E-state index < -0.39 is 72.4 Å². The Kier molecular flexibility index (Phi) is 16.5. The number of carbonyl (C=O) groups excluding carboxylic acids is 7. The molecule has 0 unspecified atom stereocenters. The van der Waals surface area contributed by atoms with Crippen LogP contribution in [0, 0.1) is 0 Å². The lowest BCUT2D eigenvalue weighted by molar-refractivity contribution is -0.275. The number of benzene rings is 2. The minimum absolute atomic E-state index is 0.0504. The second-order valence-corrected chi connectivity index (χ2v) is 13.2. The van der Waals surface area contributed by atoms with Gasteiger partial charge in [0.1, 0.15) is 38.4 Å². The van der Waals surface area contributed by atoms with Crippen LogP contribution in [0.1, 0.15) is 57.6 Å². The average molecular weight is 796 g/mol. The van der Waals surface area contributed by atoms with Crippen molar-refractivity contribution in [1.82, 2.24) is 15.5 Å². The standard InChI is InChI=1S/C40H49N3O14/c1-24(44)42-36-38(56-27(4)47)37(55-26(3)46)33(23-53-25(2)45)57-39(36)52-19-13-7-6-12-18-43(21-34(48)41-20-35(49)51-5)40(50)54-22-32-30-16-10-8-14-28(30)29-15-9-11-17-31(29)32/h7-11,13-17,32-33,36-39H,6,12,18-23H2,1-5H3,(H,41,48)(H,42,44)/b13-7+/t33-,36-,37-,38-,39-/m1/s1. The van der Waals surface area contributed by atoms with E-state index in [0.717, 1.165) is 36.1 Å². The molecule has 0 aromatic heterocycles. The second-order valence-electron chi connectivity index (χ2n) is 13.2. The molecule has 1 aliphatic carbocycles. The maximum absolute atomic E-state index is 13.5. The Balaban J connectivity index is 1.39. The van der Waals surface area contributed by atoms with Gasteiger partial charge in [0, 0.05) is 40.2 Å². The summed E-state index contributed by atoms with van der Waals surface area (Å²) in [5.74, 6) is -4.00. The summed E-state index contributed by atoms with van der Waals surface area (Å²) >= 11 is 0. The van der Waals surface area contributed by atoms with Gasteiger partial charge in [0.2, 0.25) is 11.8 Å². The highest BCUT2D eigenvalue weighted by molar-refractivity contribution is 5.85. The summed E-state index contributed by atoms with van der Waals surface area (Å²) < 4.78 is 38.3. The van der Waals surface area contributed by atoms with Gasteiger partial charge >= 0.3 is 30.0 Å².